The fourth-order valence-electron chi connectivity index (χ4n) is 18.7. The Labute approximate surface area is 589 Å². The highest BCUT2D eigenvalue weighted by Gasteiger charge is 2.54. The Hall–Kier alpha value is -9.12. The predicted octanol–water partition coefficient (Wildman–Crippen LogP) is 23.0. The van der Waals surface area contributed by atoms with Crippen LogP contribution in [0.5, 0.6) is 0 Å². The number of rotatable bonds is 8. The zero-order chi connectivity index (χ0) is 68.1. The summed E-state index contributed by atoms with van der Waals surface area (Å²) in [5.41, 5.74) is 29.7. The molecule has 4 heteroatoms. The van der Waals surface area contributed by atoms with Crippen LogP contribution in [0.25, 0.3) is 66.1 Å². The Kier molecular flexibility index (Phi) is 15.0. The Morgan fingerprint density at radius 3 is 1.39 bits per heavy atom. The van der Waals surface area contributed by atoms with Gasteiger partial charge in [-0.2, -0.15) is 0 Å². The van der Waals surface area contributed by atoms with Gasteiger partial charge in [-0.05, 0) is 242 Å². The third-order valence-corrected chi connectivity index (χ3v) is 23.9. The smallest absolute Gasteiger partial charge is 0.247 e. The molecule has 10 aromatic carbocycles. The first-order valence-corrected chi connectivity index (χ1v) is 37.3. The number of benzene rings is 10. The minimum atomic E-state index is -0.772. The average Bonchev–Trinajstić information content (AvgIpc) is 0.876. The van der Waals surface area contributed by atoms with Crippen LogP contribution in [0, 0.1) is 11.8 Å². The monoisotopic (exact) mass is 1290 g/mol. The van der Waals surface area contributed by atoms with E-state index < -0.39 is 5.41 Å². The van der Waals surface area contributed by atoms with Gasteiger partial charge in [0.2, 0.25) is 6.71 Å². The molecule has 494 valence electrons. The molecule has 0 N–H and O–H groups in total. The topological polar surface area (TPSA) is 13.1 Å². The summed E-state index contributed by atoms with van der Waals surface area (Å²) in [6.07, 6.45) is 20.9. The molecule has 2 aliphatic heterocycles. The van der Waals surface area contributed by atoms with E-state index in [4.69, 9.17) is 0 Å². The molecule has 0 amide bonds. The van der Waals surface area contributed by atoms with Crippen LogP contribution in [0.15, 0.2) is 248 Å². The van der Waals surface area contributed by atoms with Crippen LogP contribution < -0.4 is 21.3 Å². The van der Waals surface area contributed by atoms with Gasteiger partial charge in [0.1, 0.15) is 0 Å². The Morgan fingerprint density at radius 2 is 0.909 bits per heavy atom. The molecule has 0 spiro atoms. The molecule has 0 radical (unpaired) electrons. The number of allylic oxidation sites excluding steroid dienone is 4. The van der Waals surface area contributed by atoms with E-state index in [1.165, 1.54) is 164 Å². The summed E-state index contributed by atoms with van der Waals surface area (Å²) < 4.78 is 5.23. The molecule has 0 bridgehead atoms. The Balaban J connectivity index is 1.02. The predicted molar refractivity (Wildman–Crippen MR) is 425 cm³/mol. The van der Waals surface area contributed by atoms with E-state index in [0.29, 0.717) is 11.8 Å². The van der Waals surface area contributed by atoms with Gasteiger partial charge in [-0.15, -0.1) is 0 Å². The quantitative estimate of drug-likeness (QED) is 0.109. The van der Waals surface area contributed by atoms with E-state index >= 15 is 0 Å². The van der Waals surface area contributed by atoms with Crippen molar-refractivity contribution < 1.29 is 0 Å². The maximum atomic E-state index is 3.02. The molecule has 5 aliphatic rings. The molecule has 17 rings (SSSR count). The maximum Gasteiger partial charge on any atom is 0.247 e. The van der Waals surface area contributed by atoms with E-state index in [1.54, 1.807) is 11.1 Å². The summed E-state index contributed by atoms with van der Waals surface area (Å²) in [5.74, 6) is 0.792. The van der Waals surface area contributed by atoms with Crippen LogP contribution in [0.3, 0.4) is 0 Å². The second-order valence-electron chi connectivity index (χ2n) is 34.1. The first-order chi connectivity index (χ1) is 47.6. The maximum absolute atomic E-state index is 3.02. The lowest BCUT2D eigenvalue weighted by Crippen LogP contribution is -2.67. The van der Waals surface area contributed by atoms with Crippen LogP contribution in [0.2, 0.25) is 0 Å². The molecule has 3 atom stereocenters. The lowest BCUT2D eigenvalue weighted by Gasteiger charge is -2.53. The fraction of sp³-hybridized carbons (Fsp3) is 0.305. The van der Waals surface area contributed by atoms with Gasteiger partial charge in [0, 0.05) is 50.2 Å². The van der Waals surface area contributed by atoms with Crippen molar-refractivity contribution in [3.8, 4) is 22.5 Å². The molecule has 2 aromatic heterocycles. The van der Waals surface area contributed by atoms with Crippen LogP contribution in [0.4, 0.5) is 11.4 Å². The average molecular weight is 1290 g/mol. The van der Waals surface area contributed by atoms with Crippen molar-refractivity contribution >= 4 is 78.1 Å². The molecule has 0 saturated carbocycles. The number of hydrogen-bond acceptors (Lipinski definition) is 1. The molecule has 0 fully saturated rings. The second kappa shape index (κ2) is 23.5. The van der Waals surface area contributed by atoms with Crippen molar-refractivity contribution in [2.75, 3.05) is 4.90 Å². The van der Waals surface area contributed by atoms with Gasteiger partial charge in [-0.25, -0.2) is 0 Å². The Morgan fingerprint density at radius 1 is 0.404 bits per heavy atom. The standard InChI is InChI=1S/C95H96BN3/c1-91(2,3)67-41-49-83-75(55-67)76-56-68(92(4,5)6)42-50-84(76)97(83)71-45-47-81-79(59-71)95(65-35-24-16-25-36-65,66-37-26-17-27-38-66)80-53-64(61-29-18-13-19-30-61)54-88-89(80)96(81)82-48-46-72(98-85-51-43-69(93(7,8)9)57-77(85)78-58-70(94(10,11)12)44-52-86(78)98)60-87(82)99(88)90-73(62-31-20-14-21-32-62)39-28-40-74(90)63-33-22-15-23-34-63/h13-14,16-20,24-27,29-30,33,35-39,41-60,62,74,90H,15,21-23,28,31-32,34,40H2,1-12H3. The molecule has 4 heterocycles. The van der Waals surface area contributed by atoms with Crippen molar-refractivity contribution in [2.45, 2.75) is 174 Å². The van der Waals surface area contributed by atoms with Crippen molar-refractivity contribution in [3.05, 3.63) is 292 Å². The summed E-state index contributed by atoms with van der Waals surface area (Å²) >= 11 is 0. The highest BCUT2D eigenvalue weighted by Crippen LogP contribution is 2.54. The van der Waals surface area contributed by atoms with Crippen molar-refractivity contribution in [3.63, 3.8) is 0 Å². The van der Waals surface area contributed by atoms with Gasteiger partial charge in [-0.1, -0.05) is 246 Å². The normalized spacial score (nSPS) is 18.6. The van der Waals surface area contributed by atoms with Crippen LogP contribution >= 0.6 is 0 Å². The van der Waals surface area contributed by atoms with Gasteiger partial charge in [0.15, 0.2) is 0 Å². The van der Waals surface area contributed by atoms with Crippen molar-refractivity contribution in [1.29, 1.82) is 0 Å². The van der Waals surface area contributed by atoms with Gasteiger partial charge in [0.25, 0.3) is 0 Å². The molecule has 3 aliphatic carbocycles. The summed E-state index contributed by atoms with van der Waals surface area (Å²) in [6.45, 7) is 28.1. The molecular formula is C95H96BN3. The van der Waals surface area contributed by atoms with Gasteiger partial charge >= 0.3 is 0 Å². The highest BCUT2D eigenvalue weighted by atomic mass is 15.2. The third kappa shape index (κ3) is 10.3. The zero-order valence-corrected chi connectivity index (χ0v) is 60.5. The molecule has 3 nitrogen and oxygen atoms in total. The number of nitrogens with zero attached hydrogens (tertiary/aromatic N) is 3. The van der Waals surface area contributed by atoms with Crippen molar-refractivity contribution in [2.24, 2.45) is 11.8 Å². The van der Waals surface area contributed by atoms with Crippen LogP contribution in [-0.4, -0.2) is 21.9 Å². The number of anilines is 2. The fourth-order valence-corrected chi connectivity index (χ4v) is 18.7. The summed E-state index contributed by atoms with van der Waals surface area (Å²) in [4.78, 5) is 3.02. The number of aromatic nitrogens is 2. The minimum Gasteiger partial charge on any atom is -0.334 e. The zero-order valence-electron chi connectivity index (χ0n) is 60.5. The van der Waals surface area contributed by atoms with Crippen LogP contribution in [-0.2, 0) is 27.1 Å². The molecule has 99 heavy (non-hydrogen) atoms. The first-order valence-electron chi connectivity index (χ1n) is 37.3. The molecular weight excluding hydrogens is 1190 g/mol. The van der Waals surface area contributed by atoms with Gasteiger partial charge in [0.05, 0.1) is 33.5 Å². The molecule has 3 unspecified atom stereocenters. The third-order valence-electron chi connectivity index (χ3n) is 23.9. The lowest BCUT2D eigenvalue weighted by molar-refractivity contribution is 0.393. The van der Waals surface area contributed by atoms with E-state index in [9.17, 15) is 0 Å². The first kappa shape index (κ1) is 63.3. The van der Waals surface area contributed by atoms with E-state index in [2.05, 4.69) is 334 Å². The van der Waals surface area contributed by atoms with Crippen LogP contribution in [0.1, 0.15) is 185 Å². The summed E-state index contributed by atoms with van der Waals surface area (Å²) in [5, 5.41) is 5.23. The molecule has 0 saturated heterocycles. The van der Waals surface area contributed by atoms with Crippen molar-refractivity contribution in [1.82, 2.24) is 9.13 Å². The van der Waals surface area contributed by atoms with Gasteiger partial charge in [-0.3, -0.25) is 0 Å². The number of fused-ring (bicyclic) bond motifs is 10. The second-order valence-corrected chi connectivity index (χ2v) is 34.1. The Bertz CT molecular complexity index is 5110. The van der Waals surface area contributed by atoms with E-state index in [0.717, 1.165) is 32.1 Å². The molecule has 12 aromatic rings. The number of hydrogen-bond donors (Lipinski definition) is 0. The minimum absolute atomic E-state index is 0.0174. The summed E-state index contributed by atoms with van der Waals surface area (Å²) in [6, 6.07) is 85.1. The largest absolute Gasteiger partial charge is 0.334 e. The van der Waals surface area contributed by atoms with Gasteiger partial charge < -0.3 is 14.0 Å². The SMILES string of the molecule is CC(C)(C)c1ccc2c(c1)c1cc(C(C)(C)C)ccc1n2-c1ccc2c(c1)N(C1C(C3CC=CCC3)=CCCC1C1=CCCCC1)c1cc(-c3ccccc3)cc3c1B2c1ccc(-n2c4ccc(C(C)(C)C)cc4c4cc(C(C)(C)C)ccc42)cc1C3(c1ccccc1)c1ccccc1. The highest BCUT2D eigenvalue weighted by molar-refractivity contribution is 6.99. The lowest BCUT2D eigenvalue weighted by atomic mass is 9.29. The van der Waals surface area contributed by atoms with E-state index in [-0.39, 0.29) is 34.4 Å². The van der Waals surface area contributed by atoms with E-state index in [1.807, 2.05) is 0 Å². The summed E-state index contributed by atoms with van der Waals surface area (Å²) in [7, 11) is 0.